The molecule has 0 spiro atoms. The first-order valence-electron chi connectivity index (χ1n) is 21.8. The van der Waals surface area contributed by atoms with Crippen molar-refractivity contribution in [3.05, 3.63) is 127 Å². The topological polar surface area (TPSA) is 159 Å². The Morgan fingerprint density at radius 1 is 0.597 bits per heavy atom. The lowest BCUT2D eigenvalue weighted by Crippen LogP contribution is -2.38. The zero-order valence-electron chi connectivity index (χ0n) is 35.4. The van der Waals surface area contributed by atoms with Gasteiger partial charge in [0.2, 0.25) is 0 Å². The van der Waals surface area contributed by atoms with Crippen molar-refractivity contribution < 1.29 is 19.2 Å². The molecule has 15 heteroatoms. The maximum absolute atomic E-state index is 12.9. The molecule has 8 heterocycles. The third kappa shape index (κ3) is 11.8. The summed E-state index contributed by atoms with van der Waals surface area (Å²) in [5, 5.41) is 6.81. The molecule has 2 fully saturated rings. The van der Waals surface area contributed by atoms with Gasteiger partial charge in [0.1, 0.15) is 22.0 Å². The van der Waals surface area contributed by atoms with E-state index in [-0.39, 0.29) is 23.6 Å². The highest BCUT2D eigenvalue weighted by molar-refractivity contribution is 7.98. The third-order valence-electron chi connectivity index (χ3n) is 11.8. The smallest absolute Gasteiger partial charge is 0.272 e. The zero-order chi connectivity index (χ0) is 43.1. The molecule has 2 aliphatic heterocycles. The molecule has 6 aromatic rings. The predicted molar refractivity (Wildman–Crippen MR) is 240 cm³/mol. The molecule has 62 heavy (non-hydrogen) atoms. The number of aromatic nitrogens is 6. The quantitative estimate of drug-likeness (QED) is 0.0813. The van der Waals surface area contributed by atoms with E-state index in [1.807, 2.05) is 73.6 Å². The van der Waals surface area contributed by atoms with Gasteiger partial charge in [-0.05, 0) is 105 Å². The van der Waals surface area contributed by atoms with Gasteiger partial charge >= 0.3 is 0 Å². The van der Waals surface area contributed by atoms with Crippen molar-refractivity contribution in [3.63, 3.8) is 0 Å². The normalized spacial score (nSPS) is 14.7. The highest BCUT2D eigenvalue weighted by Crippen LogP contribution is 2.26. The van der Waals surface area contributed by atoms with Gasteiger partial charge in [-0.25, -0.2) is 15.0 Å². The van der Waals surface area contributed by atoms with E-state index in [1.54, 1.807) is 55.4 Å². The first-order chi connectivity index (χ1) is 30.4. The number of fused-ring (bicyclic) bond motifs is 2. The number of nitrogens with zero attached hydrogens (tertiary/aromatic N) is 8. The van der Waals surface area contributed by atoms with Crippen LogP contribution in [0.3, 0.4) is 0 Å². The van der Waals surface area contributed by atoms with Crippen LogP contribution in [-0.4, -0.2) is 108 Å². The van der Waals surface area contributed by atoms with Crippen LogP contribution < -0.4 is 10.6 Å². The van der Waals surface area contributed by atoms with Gasteiger partial charge in [0.15, 0.2) is 0 Å². The molecular weight excluding hydrogens is 801 g/mol. The number of piperidine rings is 2. The first kappa shape index (κ1) is 44.0. The van der Waals surface area contributed by atoms with Gasteiger partial charge in [0.25, 0.3) is 23.6 Å². The van der Waals surface area contributed by atoms with Gasteiger partial charge in [-0.2, -0.15) is 0 Å². The number of hydrogen-bond donors (Lipinski definition) is 2. The fourth-order valence-electron chi connectivity index (χ4n) is 8.22. The summed E-state index contributed by atoms with van der Waals surface area (Å²) in [7, 11) is 0. The van der Waals surface area contributed by atoms with Crippen molar-refractivity contribution >= 4 is 46.7 Å². The van der Waals surface area contributed by atoms with Crippen molar-refractivity contribution in [2.45, 2.75) is 69.2 Å². The number of rotatable bonds is 15. The Balaban J connectivity index is 0.000000187. The molecule has 14 nitrogen and oxygen atoms in total. The average molecular weight is 857 g/mol. The van der Waals surface area contributed by atoms with Crippen LogP contribution in [0.2, 0.25) is 0 Å². The number of amides is 4. The molecular formula is C47H56N10O4S. The Labute approximate surface area is 366 Å². The maximum Gasteiger partial charge on any atom is 0.272 e. The van der Waals surface area contributed by atoms with Gasteiger partial charge in [-0.3, -0.25) is 24.2 Å². The van der Waals surface area contributed by atoms with E-state index in [4.69, 9.17) is 0 Å². The van der Waals surface area contributed by atoms with Crippen LogP contribution in [0.15, 0.2) is 109 Å². The Bertz CT molecular complexity index is 2400. The summed E-state index contributed by atoms with van der Waals surface area (Å²) in [4.78, 5) is 70.7. The molecule has 8 rings (SSSR count). The molecule has 6 aromatic heterocycles. The number of hydrogen-bond acceptors (Lipinski definition) is 9. The second-order valence-corrected chi connectivity index (χ2v) is 16.8. The van der Waals surface area contributed by atoms with Crippen LogP contribution in [0.5, 0.6) is 0 Å². The minimum atomic E-state index is -0.0491. The summed E-state index contributed by atoms with van der Waals surface area (Å²) in [6.45, 7) is 4.56. The molecule has 0 unspecified atom stereocenters. The van der Waals surface area contributed by atoms with Crippen LogP contribution in [0.4, 0.5) is 0 Å². The molecule has 4 amide bonds. The second-order valence-electron chi connectivity index (χ2n) is 16.0. The molecule has 2 saturated heterocycles. The predicted octanol–water partition coefficient (Wildman–Crippen LogP) is 7.09. The van der Waals surface area contributed by atoms with Gasteiger partial charge < -0.3 is 29.2 Å². The van der Waals surface area contributed by atoms with Crippen molar-refractivity contribution in [3.8, 4) is 0 Å². The van der Waals surface area contributed by atoms with Gasteiger partial charge in [0.05, 0.1) is 16.7 Å². The number of unbranched alkanes of at least 4 members (excludes halogenated alkanes) is 2. The molecule has 0 atom stereocenters. The van der Waals surface area contributed by atoms with Crippen molar-refractivity contribution in [1.29, 1.82) is 0 Å². The van der Waals surface area contributed by atoms with Gasteiger partial charge in [0, 0.05) is 88.8 Å². The zero-order valence-corrected chi connectivity index (χ0v) is 36.2. The number of pyridine rings is 4. The minimum Gasteiger partial charge on any atom is -0.352 e. The second kappa shape index (κ2) is 22.1. The number of carbonyl (C=O) groups excluding carboxylic acids is 4. The Hall–Kier alpha value is -6.09. The fourth-order valence-corrected chi connectivity index (χ4v) is 8.76. The molecule has 324 valence electrons. The Morgan fingerprint density at radius 2 is 1.13 bits per heavy atom. The summed E-state index contributed by atoms with van der Waals surface area (Å²) in [5.74, 6) is 1.33. The van der Waals surface area contributed by atoms with E-state index < -0.39 is 0 Å². The van der Waals surface area contributed by atoms with Crippen LogP contribution in [0.25, 0.3) is 11.3 Å². The van der Waals surface area contributed by atoms with Crippen molar-refractivity contribution in [1.82, 2.24) is 49.2 Å². The van der Waals surface area contributed by atoms with E-state index in [1.165, 1.54) is 11.8 Å². The van der Waals surface area contributed by atoms with Crippen LogP contribution in [-0.2, 0) is 0 Å². The van der Waals surface area contributed by atoms with Crippen LogP contribution in [0.1, 0.15) is 106 Å². The summed E-state index contributed by atoms with van der Waals surface area (Å²) < 4.78 is 3.70. The SMILES string of the molecule is CSc1ncccc1C(=O)N1CCC(CCCCNC(=O)c2ccc3nccn3c2)CC1.O=C(NCCCCC1CCN(C(=O)c2ccccn2)CC1)c1ccc2nccn2c1. The standard InChI is InChI=1S/C24H29N5O2S.C23H27N5O2/c1-32-23-20(6-4-12-27-23)24(31)28-14-9-18(10-15-28)5-2-3-11-26-22(30)19-7-8-21-25-13-16-29(21)17-19;29-22(19-7-8-21-25-13-16-28(21)17-19)26-12-3-1-5-18-9-14-27(15-10-18)23(30)20-6-2-4-11-24-20/h4,6-8,12-13,16-18H,2-3,5,9-11,14-15H2,1H3,(H,26,30);2,4,6-8,11,13,16-18H,1,3,5,9-10,12,14-15H2,(H,26,29). The fraction of sp³-hybridized carbons (Fsp3) is 0.404. The third-order valence-corrected chi connectivity index (χ3v) is 12.5. The van der Waals surface area contributed by atoms with Gasteiger partial charge in [-0.1, -0.05) is 31.7 Å². The molecule has 2 N–H and O–H groups in total. The van der Waals surface area contributed by atoms with Gasteiger partial charge in [-0.15, -0.1) is 11.8 Å². The highest BCUT2D eigenvalue weighted by Gasteiger charge is 2.26. The van der Waals surface area contributed by atoms with E-state index >= 15 is 0 Å². The average Bonchev–Trinajstić information content (AvgIpc) is 4.01. The molecule has 0 saturated carbocycles. The molecule has 0 aromatic carbocycles. The van der Waals surface area contributed by atoms with Crippen molar-refractivity contribution in [2.75, 3.05) is 45.5 Å². The maximum atomic E-state index is 12.9. The largest absolute Gasteiger partial charge is 0.352 e. The summed E-state index contributed by atoms with van der Waals surface area (Å²) >= 11 is 1.51. The lowest BCUT2D eigenvalue weighted by molar-refractivity contribution is 0.0673. The lowest BCUT2D eigenvalue weighted by atomic mass is 9.91. The van der Waals surface area contributed by atoms with E-state index in [9.17, 15) is 19.2 Å². The number of nitrogens with one attached hydrogen (secondary N) is 2. The van der Waals surface area contributed by atoms with E-state index in [0.29, 0.717) is 47.3 Å². The molecule has 0 radical (unpaired) electrons. The molecule has 0 aliphatic carbocycles. The highest BCUT2D eigenvalue weighted by atomic mass is 32.2. The van der Waals surface area contributed by atoms with Crippen molar-refractivity contribution in [2.24, 2.45) is 11.8 Å². The Kier molecular flexibility index (Phi) is 15.7. The molecule has 2 aliphatic rings. The number of thioether (sulfide) groups is 1. The minimum absolute atomic E-state index is 0.0330. The number of carbonyl (C=O) groups is 4. The number of imidazole rings is 2. The summed E-state index contributed by atoms with van der Waals surface area (Å²) in [6.07, 6.45) is 26.6. The summed E-state index contributed by atoms with van der Waals surface area (Å²) in [6, 6.07) is 16.4. The van der Waals surface area contributed by atoms with E-state index in [0.717, 1.165) is 107 Å². The lowest BCUT2D eigenvalue weighted by Gasteiger charge is -2.32. The number of likely N-dealkylation sites (tertiary alicyclic amines) is 2. The summed E-state index contributed by atoms with van der Waals surface area (Å²) in [5.41, 5.74) is 4.19. The van der Waals surface area contributed by atoms with Crippen LogP contribution in [0, 0.1) is 11.8 Å². The van der Waals surface area contributed by atoms with Crippen LogP contribution >= 0.6 is 11.8 Å². The molecule has 0 bridgehead atoms. The van der Waals surface area contributed by atoms with E-state index in [2.05, 4.69) is 30.6 Å². The monoisotopic (exact) mass is 856 g/mol. The first-order valence-corrected chi connectivity index (χ1v) is 23.0. The Morgan fingerprint density at radius 3 is 1.65 bits per heavy atom.